The fourth-order valence-electron chi connectivity index (χ4n) is 4.39. The molecule has 0 aliphatic carbocycles. The molecule has 0 spiro atoms. The summed E-state index contributed by atoms with van der Waals surface area (Å²) in [6, 6.07) is 17.3. The molecule has 37 heavy (non-hydrogen) atoms. The Morgan fingerprint density at radius 1 is 0.595 bits per heavy atom. The van der Waals surface area contributed by atoms with Gasteiger partial charge >= 0.3 is 39.6 Å². The fourth-order valence-corrected chi connectivity index (χ4v) is 4.39. The maximum atomic E-state index is 5.00. The Labute approximate surface area is 244 Å². The van der Waals surface area contributed by atoms with Crippen molar-refractivity contribution in [2.75, 3.05) is 0 Å². The molecule has 1 aromatic heterocycles. The molecule has 0 saturated carbocycles. The van der Waals surface area contributed by atoms with Crippen LogP contribution in [0.2, 0.25) is 0 Å². The van der Waals surface area contributed by atoms with E-state index in [2.05, 4.69) is 144 Å². The van der Waals surface area contributed by atoms with Crippen molar-refractivity contribution >= 4 is 52.0 Å². The van der Waals surface area contributed by atoms with Gasteiger partial charge in [0.15, 0.2) is 0 Å². The molecule has 202 valence electrons. The van der Waals surface area contributed by atoms with Crippen molar-refractivity contribution in [1.29, 1.82) is 0 Å². The molecule has 2 aromatic carbocycles. The molecule has 0 fully saturated rings. The number of para-hydroxylation sites is 2. The van der Waals surface area contributed by atoms with Gasteiger partial charge in [0.05, 0.1) is 35.2 Å². The quantitative estimate of drug-likeness (QED) is 0.169. The summed E-state index contributed by atoms with van der Waals surface area (Å²) in [7, 11) is 2.08. The molecule has 0 radical (unpaired) electrons. The Hall–Kier alpha value is -1.46. The third-order valence-electron chi connectivity index (χ3n) is 6.54. The minimum atomic E-state index is 0.429. The zero-order valence-electron chi connectivity index (χ0n) is 23.5. The van der Waals surface area contributed by atoms with Crippen LogP contribution in [-0.2, 0) is 18.4 Å². The minimum absolute atomic E-state index is 0.429. The first-order valence-electron chi connectivity index (χ1n) is 12.9. The normalized spacial score (nSPS) is 12.1. The van der Waals surface area contributed by atoms with Crippen molar-refractivity contribution in [2.24, 2.45) is 17.0 Å². The Kier molecular flexibility index (Phi) is 13.1. The Morgan fingerprint density at radius 2 is 0.865 bits per heavy atom. The van der Waals surface area contributed by atoms with Crippen LogP contribution in [0.15, 0.2) is 58.5 Å². The molecule has 0 unspecified atom stereocenters. The molecule has 6 heteroatoms. The van der Waals surface area contributed by atoms with E-state index in [4.69, 9.17) is 9.98 Å². The summed E-state index contributed by atoms with van der Waals surface area (Å²) in [5, 5.41) is 0. The van der Waals surface area contributed by atoms with Crippen LogP contribution in [0.5, 0.6) is 0 Å². The number of benzene rings is 2. The van der Waals surface area contributed by atoms with Crippen LogP contribution >= 0.6 is 28.2 Å². The van der Waals surface area contributed by atoms with E-state index in [1.165, 1.54) is 22.3 Å². The SMILES string of the molecule is CC(C)c1cccc(C(C)C)c1N=Cc1ccc(C=Nc2c(C(C)C)cccc2C(C)C)n1C.[Br][Fe][Br]. The molecule has 1 heterocycles. The number of hydrogen-bond acceptors (Lipinski definition) is 2. The van der Waals surface area contributed by atoms with Gasteiger partial charge in [0, 0.05) is 7.05 Å². The van der Waals surface area contributed by atoms with Crippen LogP contribution in [0.3, 0.4) is 0 Å². The summed E-state index contributed by atoms with van der Waals surface area (Å²) in [4.78, 5) is 9.99. The van der Waals surface area contributed by atoms with Crippen LogP contribution in [0.1, 0.15) is 113 Å². The molecule has 3 nitrogen and oxygen atoms in total. The van der Waals surface area contributed by atoms with E-state index in [0.29, 0.717) is 23.7 Å². The molecule has 3 rings (SSSR count). The number of hydrogen-bond donors (Lipinski definition) is 0. The van der Waals surface area contributed by atoms with E-state index in [0.717, 1.165) is 34.1 Å². The van der Waals surface area contributed by atoms with Crippen LogP contribution < -0.4 is 0 Å². The summed E-state index contributed by atoms with van der Waals surface area (Å²) < 4.78 is 2.16. The molecule has 0 N–H and O–H groups in total. The van der Waals surface area contributed by atoms with Gasteiger partial charge in [-0.25, -0.2) is 0 Å². The number of aromatic nitrogens is 1. The topological polar surface area (TPSA) is 29.6 Å². The van der Waals surface area contributed by atoms with Gasteiger partial charge in [0.2, 0.25) is 0 Å². The average Bonchev–Trinajstić information content (AvgIpc) is 3.20. The van der Waals surface area contributed by atoms with Gasteiger partial charge in [0.1, 0.15) is 0 Å². The second-order valence-electron chi connectivity index (χ2n) is 10.5. The monoisotopic (exact) mass is 669 g/mol. The third-order valence-corrected chi connectivity index (χ3v) is 6.54. The molecular weight excluding hydrogens is 630 g/mol. The Balaban J connectivity index is 0.00000153. The van der Waals surface area contributed by atoms with Gasteiger partial charge in [0.25, 0.3) is 0 Å². The van der Waals surface area contributed by atoms with Crippen molar-refractivity contribution in [1.82, 2.24) is 4.57 Å². The fraction of sp³-hybridized carbons (Fsp3) is 0.419. The zero-order chi connectivity index (χ0) is 27.7. The van der Waals surface area contributed by atoms with Crippen LogP contribution in [-0.4, -0.2) is 17.0 Å². The van der Waals surface area contributed by atoms with E-state index in [9.17, 15) is 0 Å². The van der Waals surface area contributed by atoms with Gasteiger partial charge in [-0.3, -0.25) is 9.98 Å². The van der Waals surface area contributed by atoms with Gasteiger partial charge in [-0.2, -0.15) is 0 Å². The second-order valence-corrected chi connectivity index (χ2v) is 16.1. The van der Waals surface area contributed by atoms with Crippen molar-refractivity contribution < 1.29 is 11.3 Å². The summed E-state index contributed by atoms with van der Waals surface area (Å²) in [5.41, 5.74) is 9.53. The predicted molar refractivity (Wildman–Crippen MR) is 167 cm³/mol. The number of rotatable bonds is 8. The number of aliphatic imine (C=N–C) groups is 2. The van der Waals surface area contributed by atoms with E-state index in [-0.39, 0.29) is 0 Å². The second kappa shape index (κ2) is 15.2. The van der Waals surface area contributed by atoms with Crippen LogP contribution in [0.25, 0.3) is 0 Å². The Bertz CT molecular complexity index is 1060. The van der Waals surface area contributed by atoms with Crippen LogP contribution in [0.4, 0.5) is 11.4 Å². The molecule has 0 saturated heterocycles. The van der Waals surface area contributed by atoms with Crippen molar-refractivity contribution in [3.63, 3.8) is 0 Å². The maximum absolute atomic E-state index is 5.00. The van der Waals surface area contributed by atoms with Gasteiger partial charge < -0.3 is 4.57 Å². The van der Waals surface area contributed by atoms with Crippen molar-refractivity contribution in [3.05, 3.63) is 82.2 Å². The van der Waals surface area contributed by atoms with E-state index in [1.54, 1.807) is 0 Å². The predicted octanol–water partition coefficient (Wildman–Crippen LogP) is 10.7. The first-order valence-corrected chi connectivity index (χ1v) is 18.3. The molecule has 0 aliphatic heterocycles. The van der Waals surface area contributed by atoms with Gasteiger partial charge in [-0.15, -0.1) is 0 Å². The van der Waals surface area contributed by atoms with E-state index >= 15 is 0 Å². The first-order chi connectivity index (χ1) is 17.5. The molecule has 0 bridgehead atoms. The van der Waals surface area contributed by atoms with E-state index in [1.807, 2.05) is 12.4 Å². The number of nitrogens with zero attached hydrogens (tertiary/aromatic N) is 3. The standard InChI is InChI=1S/C31H41N3.2BrH.Fe/c1-20(2)26-12-10-13-27(21(3)4)30(26)32-18-24-16-17-25(34(24)9)19-33-31-28(22(5)6)14-11-15-29(31)23(7)8;;;/h10-23H,1-9H3;2*1H;/q;;;+2/p-2. The number of halogens is 2. The van der Waals surface area contributed by atoms with E-state index < -0.39 is 0 Å². The first kappa shape index (κ1) is 31.8. The molecule has 3 aromatic rings. The van der Waals surface area contributed by atoms with Crippen molar-refractivity contribution in [3.8, 4) is 0 Å². The van der Waals surface area contributed by atoms with Gasteiger partial charge in [-0.1, -0.05) is 91.8 Å². The summed E-state index contributed by atoms with van der Waals surface area (Å²) in [5.74, 6) is 1.72. The third kappa shape index (κ3) is 8.51. The average molecular weight is 671 g/mol. The van der Waals surface area contributed by atoms with Crippen molar-refractivity contribution in [2.45, 2.75) is 79.1 Å². The van der Waals surface area contributed by atoms with Crippen LogP contribution in [0, 0.1) is 0 Å². The molecule has 0 atom stereocenters. The molecule has 0 amide bonds. The molecule has 0 aliphatic rings. The zero-order valence-corrected chi connectivity index (χ0v) is 27.8. The Morgan fingerprint density at radius 3 is 1.11 bits per heavy atom. The molecular formula is C31H41Br2FeN3. The summed E-state index contributed by atoms with van der Waals surface area (Å²) in [6.07, 6.45) is 3.98. The van der Waals surface area contributed by atoms with Gasteiger partial charge in [-0.05, 0) is 58.1 Å². The summed E-state index contributed by atoms with van der Waals surface area (Å²) in [6.45, 7) is 17.9. The summed E-state index contributed by atoms with van der Waals surface area (Å²) >= 11 is 7.00.